The Bertz CT molecular complexity index is 1510. The fourth-order valence-electron chi connectivity index (χ4n) is 5.45. The number of para-hydroxylation sites is 1. The fourth-order valence-corrected chi connectivity index (χ4v) is 5.78. The van der Waals surface area contributed by atoms with E-state index in [0.717, 1.165) is 53.5 Å². The smallest absolute Gasteiger partial charge is 0.273 e. The highest BCUT2D eigenvalue weighted by molar-refractivity contribution is 7.80. The second-order valence-corrected chi connectivity index (χ2v) is 10.1. The third-order valence-electron chi connectivity index (χ3n) is 7.28. The molecule has 4 aromatic rings. The van der Waals surface area contributed by atoms with E-state index in [1.54, 1.807) is 12.3 Å². The zero-order valence-corrected chi connectivity index (χ0v) is 23.5. The molecule has 1 fully saturated rings. The Labute approximate surface area is 239 Å². The summed E-state index contributed by atoms with van der Waals surface area (Å²) >= 11 is 5.87. The van der Waals surface area contributed by atoms with E-state index in [0.29, 0.717) is 10.9 Å². The van der Waals surface area contributed by atoms with Crippen LogP contribution in [-0.4, -0.2) is 44.7 Å². The number of nitro groups is 1. The lowest BCUT2D eigenvalue weighted by molar-refractivity contribution is -0.384. The summed E-state index contributed by atoms with van der Waals surface area (Å²) in [5.41, 5.74) is 5.84. The summed E-state index contributed by atoms with van der Waals surface area (Å²) in [6.45, 7) is 5.66. The number of non-ortho nitro benzene ring substituents is 1. The van der Waals surface area contributed by atoms with Gasteiger partial charge < -0.3 is 24.8 Å². The van der Waals surface area contributed by atoms with Crippen molar-refractivity contribution in [1.29, 1.82) is 0 Å². The third kappa shape index (κ3) is 5.35. The number of aromatic nitrogens is 2. The highest BCUT2D eigenvalue weighted by Gasteiger charge is 2.41. The summed E-state index contributed by atoms with van der Waals surface area (Å²) in [5, 5.41) is 19.1. The minimum atomic E-state index is -0.416. The number of hydrogen-bond acceptors (Lipinski definition) is 6. The van der Waals surface area contributed by atoms with Crippen molar-refractivity contribution in [2.75, 3.05) is 25.5 Å². The van der Waals surface area contributed by atoms with Crippen molar-refractivity contribution >= 4 is 28.7 Å². The van der Waals surface area contributed by atoms with E-state index in [-0.39, 0.29) is 17.8 Å². The zero-order chi connectivity index (χ0) is 28.2. The molecule has 3 heterocycles. The van der Waals surface area contributed by atoms with Gasteiger partial charge in [-0.25, -0.2) is 0 Å². The Morgan fingerprint density at radius 2 is 1.88 bits per heavy atom. The van der Waals surface area contributed by atoms with Crippen molar-refractivity contribution in [3.8, 4) is 11.4 Å². The number of nitro benzene ring substituents is 1. The van der Waals surface area contributed by atoms with Crippen molar-refractivity contribution in [2.24, 2.45) is 0 Å². The molecule has 1 aliphatic heterocycles. The fraction of sp³-hybridized carbons (Fsp3) is 0.267. The normalized spacial score (nSPS) is 16.6. The topological polar surface area (TPSA) is 97.5 Å². The molecule has 1 aliphatic rings. The molecule has 0 amide bonds. The maximum absolute atomic E-state index is 11.4. The van der Waals surface area contributed by atoms with Gasteiger partial charge in [-0.15, -0.1) is 0 Å². The van der Waals surface area contributed by atoms with E-state index in [1.165, 1.54) is 19.2 Å². The number of ether oxygens (including phenoxy) is 1. The summed E-state index contributed by atoms with van der Waals surface area (Å²) in [6.07, 6.45) is 2.69. The average molecular weight is 557 g/mol. The molecule has 0 radical (unpaired) electrons. The number of pyridine rings is 1. The molecule has 2 aromatic heterocycles. The molecule has 1 saturated heterocycles. The number of hydrogen-bond donors (Lipinski definition) is 2. The van der Waals surface area contributed by atoms with Crippen LogP contribution in [0.2, 0.25) is 0 Å². The van der Waals surface area contributed by atoms with E-state index < -0.39 is 4.92 Å². The van der Waals surface area contributed by atoms with Crippen LogP contribution in [0.4, 0.5) is 11.4 Å². The first-order valence-corrected chi connectivity index (χ1v) is 13.6. The number of thiocarbonyl (C=S) groups is 1. The quantitative estimate of drug-likeness (QED) is 0.108. The Balaban J connectivity index is 1.49. The molecular formula is C30H32N6O3S. The molecule has 2 atom stereocenters. The second kappa shape index (κ2) is 11.7. The summed E-state index contributed by atoms with van der Waals surface area (Å²) in [5.74, 6) is 0.438. The van der Waals surface area contributed by atoms with Gasteiger partial charge in [0.1, 0.15) is 5.75 Å². The second-order valence-electron chi connectivity index (χ2n) is 9.74. The van der Waals surface area contributed by atoms with Crippen LogP contribution in [0.5, 0.6) is 5.75 Å². The van der Waals surface area contributed by atoms with E-state index in [2.05, 4.69) is 50.2 Å². The van der Waals surface area contributed by atoms with Crippen molar-refractivity contribution in [3.63, 3.8) is 0 Å². The molecular weight excluding hydrogens is 524 g/mol. The molecule has 40 heavy (non-hydrogen) atoms. The van der Waals surface area contributed by atoms with Crippen LogP contribution in [0.3, 0.4) is 0 Å². The Morgan fingerprint density at radius 1 is 1.10 bits per heavy atom. The van der Waals surface area contributed by atoms with Gasteiger partial charge in [-0.3, -0.25) is 15.1 Å². The molecule has 2 aromatic carbocycles. The van der Waals surface area contributed by atoms with Crippen LogP contribution in [0.25, 0.3) is 5.69 Å². The van der Waals surface area contributed by atoms with E-state index >= 15 is 0 Å². The molecule has 10 heteroatoms. The van der Waals surface area contributed by atoms with Crippen molar-refractivity contribution in [3.05, 3.63) is 112 Å². The third-order valence-corrected chi connectivity index (χ3v) is 7.63. The first-order valence-electron chi connectivity index (χ1n) is 13.2. The number of benzene rings is 2. The van der Waals surface area contributed by atoms with Crippen molar-refractivity contribution in [1.82, 2.24) is 19.8 Å². The maximum Gasteiger partial charge on any atom is 0.273 e. The number of anilines is 1. The molecule has 9 nitrogen and oxygen atoms in total. The van der Waals surface area contributed by atoms with E-state index in [4.69, 9.17) is 17.0 Å². The Kier molecular flexibility index (Phi) is 7.97. The largest absolute Gasteiger partial charge is 0.494 e. The van der Waals surface area contributed by atoms with Crippen molar-refractivity contribution < 1.29 is 9.66 Å². The maximum atomic E-state index is 11.4. The molecule has 0 aliphatic carbocycles. The molecule has 0 bridgehead atoms. The lowest BCUT2D eigenvalue weighted by Gasteiger charge is -2.28. The van der Waals surface area contributed by atoms with Gasteiger partial charge in [0.2, 0.25) is 0 Å². The summed E-state index contributed by atoms with van der Waals surface area (Å²) in [4.78, 5) is 17.9. The van der Waals surface area contributed by atoms with E-state index in [9.17, 15) is 10.1 Å². The van der Waals surface area contributed by atoms with Gasteiger partial charge in [-0.2, -0.15) is 0 Å². The van der Waals surface area contributed by atoms with Crippen LogP contribution < -0.4 is 15.4 Å². The minimum Gasteiger partial charge on any atom is -0.494 e. The van der Waals surface area contributed by atoms with Crippen LogP contribution in [0, 0.1) is 24.0 Å². The SMILES string of the molecule is COc1cc([N+](=O)[O-])ccc1-n1c(C)cc(C2C(c3ccccn3)NC(=S)N2CCCNc2ccccc2)c1C. The van der Waals surface area contributed by atoms with Gasteiger partial charge in [-0.05, 0) is 74.4 Å². The minimum absolute atomic E-state index is 0.0147. The monoisotopic (exact) mass is 556 g/mol. The van der Waals surface area contributed by atoms with Crippen LogP contribution in [-0.2, 0) is 0 Å². The molecule has 2 N–H and O–H groups in total. The van der Waals surface area contributed by atoms with Gasteiger partial charge in [-0.1, -0.05) is 24.3 Å². The zero-order valence-electron chi connectivity index (χ0n) is 22.7. The van der Waals surface area contributed by atoms with E-state index in [1.807, 2.05) is 43.3 Å². The first kappa shape index (κ1) is 27.1. The average Bonchev–Trinajstić information content (AvgIpc) is 3.45. The number of methoxy groups -OCH3 is 1. The molecule has 0 spiro atoms. The van der Waals surface area contributed by atoms with Crippen molar-refractivity contribution in [2.45, 2.75) is 32.4 Å². The van der Waals surface area contributed by atoms with Gasteiger partial charge in [0.05, 0.1) is 41.6 Å². The molecule has 206 valence electrons. The number of rotatable bonds is 10. The summed E-state index contributed by atoms with van der Waals surface area (Å²) < 4.78 is 7.67. The number of aryl methyl sites for hydroxylation is 1. The lowest BCUT2D eigenvalue weighted by atomic mass is 9.96. The lowest BCUT2D eigenvalue weighted by Crippen LogP contribution is -2.31. The molecule has 0 saturated carbocycles. The van der Waals surface area contributed by atoms with Crippen LogP contribution in [0.1, 0.15) is 41.1 Å². The summed E-state index contributed by atoms with van der Waals surface area (Å²) in [6, 6.07) is 22.7. The Morgan fingerprint density at radius 3 is 2.58 bits per heavy atom. The van der Waals surface area contributed by atoms with Gasteiger partial charge >= 0.3 is 0 Å². The number of nitrogens with one attached hydrogen (secondary N) is 2. The highest BCUT2D eigenvalue weighted by atomic mass is 32.1. The predicted molar refractivity (Wildman–Crippen MR) is 160 cm³/mol. The van der Waals surface area contributed by atoms with Gasteiger partial charge in [0, 0.05) is 42.4 Å². The number of nitrogens with zero attached hydrogens (tertiary/aromatic N) is 4. The van der Waals surface area contributed by atoms with Gasteiger partial charge in [0.15, 0.2) is 5.11 Å². The first-order chi connectivity index (χ1) is 19.4. The standard InChI is InChI=1S/C30H32N6O3S/c1-20-18-24(21(2)35(20)26-14-13-23(36(37)38)19-27(26)39-3)29-28(25-12-7-8-15-32-25)33-30(40)34(29)17-9-16-31-22-10-5-4-6-11-22/h4-8,10-15,18-19,28-29,31H,9,16-17H2,1-3H3,(H,33,40). The molecule has 5 rings (SSSR count). The van der Waals surface area contributed by atoms with Crippen LogP contribution in [0.15, 0.2) is 79.0 Å². The summed E-state index contributed by atoms with van der Waals surface area (Å²) in [7, 11) is 1.53. The van der Waals surface area contributed by atoms with Crippen LogP contribution >= 0.6 is 12.2 Å². The highest BCUT2D eigenvalue weighted by Crippen LogP contribution is 2.42. The predicted octanol–water partition coefficient (Wildman–Crippen LogP) is 5.88. The Hall–Kier alpha value is -4.44. The van der Waals surface area contributed by atoms with Gasteiger partial charge in [0.25, 0.3) is 5.69 Å². The molecule has 2 unspecified atom stereocenters.